The van der Waals surface area contributed by atoms with E-state index < -0.39 is 0 Å². The Kier molecular flexibility index (Phi) is 6.72. The second-order valence-electron chi connectivity index (χ2n) is 9.53. The Balaban J connectivity index is 1.26. The molecule has 2 aromatic rings. The third kappa shape index (κ3) is 4.75. The third-order valence-corrected chi connectivity index (χ3v) is 7.49. The predicted octanol–water partition coefficient (Wildman–Crippen LogP) is 3.25. The van der Waals surface area contributed by atoms with Crippen molar-refractivity contribution < 1.29 is 19.1 Å². The Hall–Kier alpha value is -3.06. The summed E-state index contributed by atoms with van der Waals surface area (Å²) in [6.07, 6.45) is 2.67. The minimum absolute atomic E-state index is 0.0157. The number of piperidine rings is 2. The molecular weight excluding hydrogens is 430 g/mol. The number of likely N-dealkylation sites (tertiary alicyclic amines) is 2. The van der Waals surface area contributed by atoms with Gasteiger partial charge in [0, 0.05) is 32.1 Å². The van der Waals surface area contributed by atoms with Crippen LogP contribution in [0.1, 0.15) is 36.3 Å². The number of nitrogens with one attached hydrogen (secondary N) is 1. The molecule has 0 unspecified atom stereocenters. The van der Waals surface area contributed by atoms with Gasteiger partial charge in [0.25, 0.3) is 0 Å². The summed E-state index contributed by atoms with van der Waals surface area (Å²) in [4.78, 5) is 28.9. The second kappa shape index (κ2) is 10.1. The number of urea groups is 1. The Morgan fingerprint density at radius 3 is 2.50 bits per heavy atom. The van der Waals surface area contributed by atoms with Crippen LogP contribution in [0.5, 0.6) is 5.75 Å². The van der Waals surface area contributed by atoms with Crippen LogP contribution in [-0.4, -0.2) is 73.8 Å². The number of ether oxygens (including phenoxy) is 2. The van der Waals surface area contributed by atoms with Crippen molar-refractivity contribution >= 4 is 11.9 Å². The fraction of sp³-hybridized carbons (Fsp3) is 0.481. The number of morpholine rings is 1. The van der Waals surface area contributed by atoms with E-state index in [0.717, 1.165) is 38.1 Å². The van der Waals surface area contributed by atoms with E-state index in [4.69, 9.17) is 9.47 Å². The summed E-state index contributed by atoms with van der Waals surface area (Å²) < 4.78 is 11.1. The van der Waals surface area contributed by atoms with Gasteiger partial charge < -0.3 is 24.6 Å². The molecule has 180 valence electrons. The van der Waals surface area contributed by atoms with Gasteiger partial charge in [-0.3, -0.25) is 4.79 Å². The fourth-order valence-corrected chi connectivity index (χ4v) is 5.73. The zero-order chi connectivity index (χ0) is 23.5. The summed E-state index contributed by atoms with van der Waals surface area (Å²) >= 11 is 0. The van der Waals surface area contributed by atoms with E-state index in [-0.39, 0.29) is 36.6 Å². The zero-order valence-corrected chi connectivity index (χ0v) is 19.7. The molecule has 2 aromatic carbocycles. The first kappa shape index (κ1) is 22.7. The molecule has 3 fully saturated rings. The maximum absolute atomic E-state index is 13.3. The number of benzene rings is 2. The van der Waals surface area contributed by atoms with Crippen molar-refractivity contribution in [1.82, 2.24) is 15.1 Å². The van der Waals surface area contributed by atoms with Crippen molar-refractivity contribution in [2.45, 2.75) is 37.3 Å². The maximum Gasteiger partial charge on any atom is 0.320 e. The van der Waals surface area contributed by atoms with E-state index >= 15 is 0 Å². The van der Waals surface area contributed by atoms with Crippen molar-refractivity contribution in [3.63, 3.8) is 0 Å². The van der Waals surface area contributed by atoms with Crippen LogP contribution in [0.25, 0.3) is 0 Å². The van der Waals surface area contributed by atoms with Crippen molar-refractivity contribution in [3.05, 3.63) is 65.7 Å². The first-order valence-electron chi connectivity index (χ1n) is 12.3. The summed E-state index contributed by atoms with van der Waals surface area (Å²) in [6, 6.07) is 19.0. The van der Waals surface area contributed by atoms with Gasteiger partial charge in [0.05, 0.1) is 19.3 Å². The van der Waals surface area contributed by atoms with Gasteiger partial charge in [0.1, 0.15) is 12.4 Å². The molecule has 0 aliphatic carbocycles. The van der Waals surface area contributed by atoms with Crippen LogP contribution in [-0.2, 0) is 9.53 Å². The summed E-state index contributed by atoms with van der Waals surface area (Å²) in [5.41, 5.74) is 2.56. The minimum atomic E-state index is -0.105. The predicted molar refractivity (Wildman–Crippen MR) is 129 cm³/mol. The Labute approximate surface area is 201 Å². The number of hydrogen-bond acceptors (Lipinski definition) is 4. The molecule has 5 rings (SSSR count). The largest absolute Gasteiger partial charge is 0.497 e. The molecule has 1 N–H and O–H groups in total. The topological polar surface area (TPSA) is 71.1 Å². The highest BCUT2D eigenvalue weighted by atomic mass is 16.5. The van der Waals surface area contributed by atoms with E-state index in [9.17, 15) is 9.59 Å². The number of methoxy groups -OCH3 is 1. The summed E-state index contributed by atoms with van der Waals surface area (Å²) in [5, 5.41) is 2.99. The van der Waals surface area contributed by atoms with Crippen LogP contribution in [0.15, 0.2) is 54.6 Å². The average Bonchev–Trinajstić information content (AvgIpc) is 2.89. The van der Waals surface area contributed by atoms with E-state index in [1.807, 2.05) is 15.9 Å². The lowest BCUT2D eigenvalue weighted by Crippen LogP contribution is -2.62. The maximum atomic E-state index is 13.3. The van der Waals surface area contributed by atoms with Gasteiger partial charge in [0.15, 0.2) is 0 Å². The van der Waals surface area contributed by atoms with E-state index in [1.165, 1.54) is 11.1 Å². The van der Waals surface area contributed by atoms with Gasteiger partial charge in [-0.2, -0.15) is 0 Å². The van der Waals surface area contributed by atoms with Gasteiger partial charge >= 0.3 is 6.03 Å². The average molecular weight is 464 g/mol. The lowest BCUT2D eigenvalue weighted by molar-refractivity contribution is -0.139. The number of amides is 3. The van der Waals surface area contributed by atoms with Crippen LogP contribution in [0.2, 0.25) is 0 Å². The smallest absolute Gasteiger partial charge is 0.320 e. The van der Waals surface area contributed by atoms with Crippen molar-refractivity contribution in [3.8, 4) is 5.75 Å². The lowest BCUT2D eigenvalue weighted by atomic mass is 9.76. The highest BCUT2D eigenvalue weighted by Crippen LogP contribution is 2.39. The molecule has 3 heterocycles. The normalized spacial score (nSPS) is 24.2. The molecule has 0 saturated carbocycles. The zero-order valence-electron chi connectivity index (χ0n) is 19.7. The molecule has 0 radical (unpaired) electrons. The van der Waals surface area contributed by atoms with Crippen molar-refractivity contribution in [2.24, 2.45) is 5.92 Å². The van der Waals surface area contributed by atoms with E-state index in [2.05, 4.69) is 53.8 Å². The monoisotopic (exact) mass is 463 g/mol. The first-order valence-corrected chi connectivity index (χ1v) is 12.3. The van der Waals surface area contributed by atoms with Gasteiger partial charge in [-0.1, -0.05) is 42.5 Å². The summed E-state index contributed by atoms with van der Waals surface area (Å²) in [5.74, 6) is 1.48. The van der Waals surface area contributed by atoms with Gasteiger partial charge in [-0.25, -0.2) is 4.79 Å². The molecule has 7 nitrogen and oxygen atoms in total. The van der Waals surface area contributed by atoms with Crippen LogP contribution in [0, 0.1) is 5.92 Å². The quantitative estimate of drug-likeness (QED) is 0.756. The first-order chi connectivity index (χ1) is 16.6. The number of carbonyl (C=O) groups is 2. The Morgan fingerprint density at radius 1 is 1.00 bits per heavy atom. The lowest BCUT2D eigenvalue weighted by Gasteiger charge is -2.44. The Bertz CT molecular complexity index is 1010. The van der Waals surface area contributed by atoms with Gasteiger partial charge in [-0.05, 0) is 48.4 Å². The SMILES string of the molecule is COc1cccc([C@@H](c2ccccc2)C2CCN(C(=O)N3CC[C@@H]4OCC(=O)N[C@@H]4C3)CC2)c1. The van der Waals surface area contributed by atoms with E-state index in [1.54, 1.807) is 7.11 Å². The molecule has 0 aromatic heterocycles. The van der Waals surface area contributed by atoms with Crippen molar-refractivity contribution in [2.75, 3.05) is 39.9 Å². The van der Waals surface area contributed by atoms with Crippen LogP contribution in [0.3, 0.4) is 0 Å². The highest BCUT2D eigenvalue weighted by molar-refractivity contribution is 5.79. The molecule has 0 spiro atoms. The number of rotatable bonds is 4. The van der Waals surface area contributed by atoms with E-state index in [0.29, 0.717) is 19.0 Å². The van der Waals surface area contributed by atoms with Crippen LogP contribution < -0.4 is 10.1 Å². The van der Waals surface area contributed by atoms with Crippen LogP contribution >= 0.6 is 0 Å². The van der Waals surface area contributed by atoms with Crippen molar-refractivity contribution in [1.29, 1.82) is 0 Å². The third-order valence-electron chi connectivity index (χ3n) is 7.49. The van der Waals surface area contributed by atoms with Gasteiger partial charge in [-0.15, -0.1) is 0 Å². The molecule has 3 saturated heterocycles. The molecule has 34 heavy (non-hydrogen) atoms. The summed E-state index contributed by atoms with van der Waals surface area (Å²) in [6.45, 7) is 2.80. The second-order valence-corrected chi connectivity index (χ2v) is 9.53. The number of fused-ring (bicyclic) bond motifs is 1. The fourth-order valence-electron chi connectivity index (χ4n) is 5.73. The molecule has 0 bridgehead atoms. The molecule has 3 atom stereocenters. The number of nitrogens with zero attached hydrogens (tertiary/aromatic N) is 2. The standard InChI is InChI=1S/C27H33N3O4/c1-33-22-9-5-8-21(16-22)26(19-6-3-2-4-7-19)20-10-13-29(14-11-20)27(32)30-15-12-24-23(17-30)28-25(31)18-34-24/h2-9,16,20,23-24,26H,10-15,17-18H2,1H3,(H,28,31)/t23-,24+,26+/m1/s1. The molecule has 7 heteroatoms. The molecule has 3 aliphatic heterocycles. The van der Waals surface area contributed by atoms with Crippen LogP contribution in [0.4, 0.5) is 4.79 Å². The molecule has 3 aliphatic rings. The highest BCUT2D eigenvalue weighted by Gasteiger charge is 2.38. The molecule has 3 amide bonds. The summed E-state index contributed by atoms with van der Waals surface area (Å²) in [7, 11) is 1.70. The van der Waals surface area contributed by atoms with Gasteiger partial charge in [0.2, 0.25) is 5.91 Å². The Morgan fingerprint density at radius 2 is 1.74 bits per heavy atom. The number of hydrogen-bond donors (Lipinski definition) is 1. The minimum Gasteiger partial charge on any atom is -0.497 e. The molecular formula is C27H33N3O4. The number of carbonyl (C=O) groups excluding carboxylic acids is 2.